The Kier molecular flexibility index (Phi) is 8.97. The molecular weight excluding hydrogens is 714 g/mol. The Hall–Kier alpha value is -3.03. The van der Waals surface area contributed by atoms with E-state index in [4.69, 9.17) is 30.0 Å². The average Bonchev–Trinajstić information content (AvgIpc) is 3.52. The van der Waals surface area contributed by atoms with Crippen LogP contribution in [0.4, 0.5) is 11.9 Å². The van der Waals surface area contributed by atoms with Crippen LogP contribution in [0.1, 0.15) is 6.23 Å². The number of hydrogen-bond donors (Lipinski definition) is 9. The standard InChI is InChI=1S/C20H24N10O13P2S2/c21-19-26-13-7(15(33)28-19)24-6-12(47)11(46)5(41-17(6)25-13)2-40-45(37,38)43-44(35,36)39-1-4-9(31)10(32)18(42-4)30-3-23-8-14(30)27-20(22)29-16(8)34/h3-6,9-10,17-18,31-32,46-47H,1-2H2,(H,35,36)(H,37,38)(H3,22,27,29,34)(H3,21,25,26,28,33)/p+1/t4-,5-,6+,9-,10-,17-,18-/m1/s1. The predicted molar refractivity (Wildman–Crippen MR) is 161 cm³/mol. The molecule has 0 bridgehead atoms. The highest BCUT2D eigenvalue weighted by molar-refractivity contribution is 7.85. The number of nitrogens with zero attached hydrogens (tertiary/aromatic N) is 6. The minimum atomic E-state index is -5.38. The second-order valence-corrected chi connectivity index (χ2v) is 14.1. The lowest BCUT2D eigenvalue weighted by Crippen LogP contribution is -2.52. The predicted octanol–water partition coefficient (Wildman–Crippen LogP) is -4.56. The van der Waals surface area contributed by atoms with Crippen LogP contribution in [0.25, 0.3) is 11.2 Å². The van der Waals surface area contributed by atoms with Crippen molar-refractivity contribution in [3.8, 4) is 0 Å². The molecule has 6 heterocycles. The lowest BCUT2D eigenvalue weighted by atomic mass is 10.1. The average molecular weight is 740 g/mol. The number of nitrogen functional groups attached to an aromatic ring is 2. The van der Waals surface area contributed by atoms with Gasteiger partial charge in [0.2, 0.25) is 11.9 Å². The van der Waals surface area contributed by atoms with E-state index in [0.29, 0.717) is 0 Å². The largest absolute Gasteiger partial charge is 0.481 e. The molecule has 0 aliphatic carbocycles. The van der Waals surface area contributed by atoms with Gasteiger partial charge < -0.3 is 40.9 Å². The Bertz CT molecular complexity index is 2130. The molecule has 3 aromatic heterocycles. The molecule has 0 aromatic carbocycles. The molecule has 27 heteroatoms. The summed E-state index contributed by atoms with van der Waals surface area (Å²) in [5.74, 6) is -0.471. The number of rotatable bonds is 9. The topological polar surface area (TPSA) is 347 Å². The summed E-state index contributed by atoms with van der Waals surface area (Å²) in [6.07, 6.45) is -7.43. The van der Waals surface area contributed by atoms with Gasteiger partial charge in [0, 0.05) is 0 Å². The SMILES string of the molecule is Nc1nc2c(c(=O)[nH]1)=N[C@H]1C(S)=C([SH2+])[C@@H](COP(=O)(O)OP(=O)(O)OC[C@H]3O[C@@H](n4cnc5c(=O)[nH]c(N)nc54)[C@H](O)[C@@H]3O)O[C@H]1N=2. The first-order valence-corrected chi connectivity index (χ1v) is 17.0. The second-order valence-electron chi connectivity index (χ2n) is 10.1. The van der Waals surface area contributed by atoms with E-state index in [0.717, 1.165) is 10.9 Å². The van der Waals surface area contributed by atoms with Crippen LogP contribution >= 0.6 is 28.3 Å². The molecule has 1 fully saturated rings. The van der Waals surface area contributed by atoms with Crippen molar-refractivity contribution in [2.75, 3.05) is 24.7 Å². The zero-order chi connectivity index (χ0) is 34.0. The number of thiol groups is 1. The van der Waals surface area contributed by atoms with E-state index in [9.17, 15) is 38.7 Å². The third-order valence-corrected chi connectivity index (χ3v) is 10.8. The van der Waals surface area contributed by atoms with E-state index in [1.165, 1.54) is 0 Å². The van der Waals surface area contributed by atoms with Gasteiger partial charge in [-0.25, -0.2) is 19.1 Å². The van der Waals surface area contributed by atoms with Crippen molar-refractivity contribution in [3.63, 3.8) is 0 Å². The third kappa shape index (κ3) is 6.67. The fourth-order valence-corrected chi connectivity index (χ4v) is 7.50. The number of nitrogens with one attached hydrogen (secondary N) is 2. The second kappa shape index (κ2) is 12.5. The highest BCUT2D eigenvalue weighted by Crippen LogP contribution is 2.60. The van der Waals surface area contributed by atoms with Crippen LogP contribution in [0.2, 0.25) is 0 Å². The minimum Gasteiger partial charge on any atom is -0.387 e. The van der Waals surface area contributed by atoms with Gasteiger partial charge >= 0.3 is 15.6 Å². The van der Waals surface area contributed by atoms with Gasteiger partial charge in [-0.1, -0.05) is 0 Å². The molecule has 0 radical (unpaired) electrons. The van der Waals surface area contributed by atoms with Crippen molar-refractivity contribution >= 4 is 64.0 Å². The molecule has 23 nitrogen and oxygen atoms in total. The minimum absolute atomic E-state index is 0.0876. The Labute approximate surface area is 270 Å². The van der Waals surface area contributed by atoms with Crippen molar-refractivity contribution in [3.05, 3.63) is 47.7 Å². The quantitative estimate of drug-likeness (QED) is 0.0566. The van der Waals surface area contributed by atoms with E-state index in [1.807, 2.05) is 0 Å². The van der Waals surface area contributed by atoms with Crippen LogP contribution in [0.3, 0.4) is 0 Å². The molecule has 3 aromatic rings. The van der Waals surface area contributed by atoms with Gasteiger partial charge in [-0.05, 0) is 12.6 Å². The summed E-state index contributed by atoms with van der Waals surface area (Å²) in [6, 6.07) is -0.889. The number of nitrogens with two attached hydrogens (primary N) is 2. The molecule has 6 rings (SSSR count). The number of phosphoric ester groups is 2. The summed E-state index contributed by atoms with van der Waals surface area (Å²) in [6.45, 7) is -1.67. The monoisotopic (exact) mass is 739 g/mol. The van der Waals surface area contributed by atoms with Crippen molar-refractivity contribution in [1.82, 2.24) is 29.5 Å². The van der Waals surface area contributed by atoms with Crippen LogP contribution in [0.15, 0.2) is 35.7 Å². The van der Waals surface area contributed by atoms with E-state index in [2.05, 4.69) is 64.5 Å². The third-order valence-electron chi connectivity index (χ3n) is 6.92. The zero-order valence-corrected chi connectivity index (χ0v) is 26.9. The number of fused-ring (bicyclic) bond motifs is 3. The molecule has 0 spiro atoms. The maximum absolute atomic E-state index is 12.6. The fourth-order valence-electron chi connectivity index (χ4n) is 4.79. The summed E-state index contributed by atoms with van der Waals surface area (Å²) in [5, 5.41) is 20.9. The summed E-state index contributed by atoms with van der Waals surface area (Å²) in [4.78, 5) is 69.7. The first-order valence-electron chi connectivity index (χ1n) is 13.0. The maximum Gasteiger partial charge on any atom is 0.481 e. The molecule has 10 N–H and O–H groups in total. The maximum atomic E-state index is 12.6. The Morgan fingerprint density at radius 2 is 1.66 bits per heavy atom. The van der Waals surface area contributed by atoms with Crippen LogP contribution in [0, 0.1) is 0 Å². The van der Waals surface area contributed by atoms with Crippen LogP contribution in [-0.2, 0) is 44.6 Å². The van der Waals surface area contributed by atoms with Gasteiger partial charge in [-0.15, -0.1) is 12.6 Å². The Morgan fingerprint density at radius 3 is 2.38 bits per heavy atom. The normalized spacial score (nSPS) is 29.8. The van der Waals surface area contributed by atoms with Gasteiger partial charge in [-0.3, -0.25) is 38.2 Å². The molecule has 3 aliphatic rings. The van der Waals surface area contributed by atoms with E-state index >= 15 is 0 Å². The number of phosphoric acid groups is 2. The number of aliphatic hydroxyl groups excluding tert-OH is 2. The van der Waals surface area contributed by atoms with Gasteiger partial charge in [0.1, 0.15) is 24.4 Å². The van der Waals surface area contributed by atoms with Gasteiger partial charge in [0.15, 0.2) is 45.5 Å². The van der Waals surface area contributed by atoms with Gasteiger partial charge in [-0.2, -0.15) is 14.3 Å². The van der Waals surface area contributed by atoms with Crippen LogP contribution in [0.5, 0.6) is 0 Å². The number of ether oxygens (including phenoxy) is 2. The van der Waals surface area contributed by atoms with Crippen molar-refractivity contribution in [2.45, 2.75) is 42.9 Å². The molecule has 0 amide bonds. The molecule has 0 saturated carbocycles. The Balaban J connectivity index is 1.08. The smallest absolute Gasteiger partial charge is 0.387 e. The molecule has 9 atom stereocenters. The fraction of sp³-hybridized carbons (Fsp3) is 0.450. The number of imidazole rings is 1. The van der Waals surface area contributed by atoms with Crippen LogP contribution in [-0.4, -0.2) is 99.4 Å². The van der Waals surface area contributed by atoms with Crippen molar-refractivity contribution in [2.24, 2.45) is 9.98 Å². The Morgan fingerprint density at radius 1 is 1.00 bits per heavy atom. The highest BCUT2D eigenvalue weighted by Gasteiger charge is 2.47. The first-order chi connectivity index (χ1) is 22.0. The van der Waals surface area contributed by atoms with Crippen molar-refractivity contribution < 1.29 is 52.0 Å². The number of hydrogen-bond acceptors (Lipinski definition) is 19. The lowest BCUT2D eigenvalue weighted by molar-refractivity contribution is -0.0508. The van der Waals surface area contributed by atoms with E-state index in [-0.39, 0.29) is 43.7 Å². The summed E-state index contributed by atoms with van der Waals surface area (Å²) in [5.41, 5.74) is 9.48. The number of aliphatic hydroxyl groups is 2. The van der Waals surface area contributed by atoms with Gasteiger partial charge in [0.25, 0.3) is 11.1 Å². The summed E-state index contributed by atoms with van der Waals surface area (Å²) in [7, 11) is -10.7. The first kappa shape index (κ1) is 33.9. The number of anilines is 2. The number of aromatic amines is 2. The van der Waals surface area contributed by atoms with E-state index < -0.39 is 82.9 Å². The molecule has 1 saturated heterocycles. The molecule has 47 heavy (non-hydrogen) atoms. The van der Waals surface area contributed by atoms with Crippen LogP contribution < -0.4 is 33.4 Å². The summed E-state index contributed by atoms with van der Waals surface area (Å²) < 4.78 is 51.5. The highest BCUT2D eigenvalue weighted by atomic mass is 32.1. The molecule has 2 unspecified atom stereocenters. The van der Waals surface area contributed by atoms with Crippen molar-refractivity contribution in [1.29, 1.82) is 0 Å². The van der Waals surface area contributed by atoms with Gasteiger partial charge in [0.05, 0.1) is 24.4 Å². The number of aromatic nitrogens is 6. The lowest BCUT2D eigenvalue weighted by Gasteiger charge is -2.31. The molecular formula is C20H25N10O13P2S2+. The molecule has 254 valence electrons. The van der Waals surface area contributed by atoms with E-state index in [1.54, 1.807) is 0 Å². The zero-order valence-electron chi connectivity index (χ0n) is 23.2. The summed E-state index contributed by atoms with van der Waals surface area (Å²) >= 11 is 7.69. The molecule has 3 aliphatic heterocycles. The number of H-pyrrole nitrogens is 2.